The molecule has 1 aliphatic heterocycles. The number of nitrogens with zero attached hydrogens (tertiary/aromatic N) is 1. The van der Waals surface area contributed by atoms with Gasteiger partial charge in [0.1, 0.15) is 11.6 Å². The third-order valence-corrected chi connectivity index (χ3v) is 4.71. The van der Waals surface area contributed by atoms with Gasteiger partial charge in [0.25, 0.3) is 5.91 Å². The summed E-state index contributed by atoms with van der Waals surface area (Å²) in [6.45, 7) is 1.42. The number of ether oxygens (including phenoxy) is 1. The Morgan fingerprint density at radius 2 is 2.04 bits per heavy atom. The van der Waals surface area contributed by atoms with Crippen molar-refractivity contribution in [2.75, 3.05) is 26.8 Å². The molecule has 1 aliphatic rings. The molecule has 1 N–H and O–H groups in total. The van der Waals surface area contributed by atoms with Gasteiger partial charge >= 0.3 is 0 Å². The molecule has 3 rings (SSSR count). The molecule has 5 heteroatoms. The summed E-state index contributed by atoms with van der Waals surface area (Å²) in [6.07, 6.45) is 1.87. The fraction of sp³-hybridized carbons (Fsp3) is 0.318. The van der Waals surface area contributed by atoms with Crippen LogP contribution in [-0.4, -0.2) is 42.7 Å². The van der Waals surface area contributed by atoms with Crippen LogP contribution in [0.3, 0.4) is 0 Å². The maximum Gasteiger partial charge on any atom is 0.253 e. The fourth-order valence-corrected chi connectivity index (χ4v) is 3.14. The Morgan fingerprint density at radius 3 is 2.70 bits per heavy atom. The summed E-state index contributed by atoms with van der Waals surface area (Å²) in [5.74, 6) is 5.85. The van der Waals surface area contributed by atoms with Crippen LogP contribution in [0.1, 0.15) is 34.3 Å². The third-order valence-electron chi connectivity index (χ3n) is 4.71. The third kappa shape index (κ3) is 4.66. The van der Waals surface area contributed by atoms with Gasteiger partial charge in [-0.2, -0.15) is 0 Å². The number of benzene rings is 2. The molecule has 1 amide bonds. The maximum absolute atomic E-state index is 13.9. The van der Waals surface area contributed by atoms with Crippen LogP contribution in [0.2, 0.25) is 0 Å². The summed E-state index contributed by atoms with van der Waals surface area (Å²) < 4.78 is 18.9. The van der Waals surface area contributed by atoms with E-state index < -0.39 is 5.82 Å². The molecule has 0 saturated carbocycles. The van der Waals surface area contributed by atoms with Gasteiger partial charge in [0.05, 0.1) is 12.7 Å². The standard InChI is InChI=1S/C22H22FNO3/c1-27-20-11-10-18(21(23)13-20)7-4-16-5-8-19(9-6-16)22(26)24-12-2-3-17(14-24)15-25/h5-6,8-11,13,17,25H,2-3,12,14-15H2,1H3. The molecule has 1 unspecified atom stereocenters. The SMILES string of the molecule is COc1ccc(C#Cc2ccc(C(=O)N3CCCC(CO)C3)cc2)c(F)c1. The predicted molar refractivity (Wildman–Crippen MR) is 101 cm³/mol. The van der Waals surface area contributed by atoms with E-state index >= 15 is 0 Å². The number of likely N-dealkylation sites (tertiary alicyclic amines) is 1. The molecule has 4 nitrogen and oxygen atoms in total. The zero-order valence-corrected chi connectivity index (χ0v) is 15.2. The molecule has 0 bridgehead atoms. The van der Waals surface area contributed by atoms with Gasteiger partial charge in [-0.15, -0.1) is 0 Å². The van der Waals surface area contributed by atoms with Crippen LogP contribution in [0.25, 0.3) is 0 Å². The Morgan fingerprint density at radius 1 is 1.26 bits per heavy atom. The second kappa shape index (κ2) is 8.70. The first-order valence-corrected chi connectivity index (χ1v) is 8.96. The van der Waals surface area contributed by atoms with Crippen molar-refractivity contribution < 1.29 is 19.0 Å². The van der Waals surface area contributed by atoms with Gasteiger partial charge in [-0.1, -0.05) is 11.8 Å². The highest BCUT2D eigenvalue weighted by Gasteiger charge is 2.23. The van der Waals surface area contributed by atoms with Crippen molar-refractivity contribution in [2.24, 2.45) is 5.92 Å². The summed E-state index contributed by atoms with van der Waals surface area (Å²) >= 11 is 0. The van der Waals surface area contributed by atoms with Gasteiger partial charge in [0, 0.05) is 36.9 Å². The normalized spacial score (nSPS) is 16.4. The van der Waals surface area contributed by atoms with Gasteiger partial charge < -0.3 is 14.7 Å². The van der Waals surface area contributed by atoms with Gasteiger partial charge in [-0.3, -0.25) is 4.79 Å². The second-order valence-corrected chi connectivity index (χ2v) is 6.62. The molecule has 0 aromatic heterocycles. The quantitative estimate of drug-likeness (QED) is 0.849. The molecule has 1 fully saturated rings. The van der Waals surface area contributed by atoms with E-state index in [4.69, 9.17) is 4.74 Å². The van der Waals surface area contributed by atoms with Crippen LogP contribution < -0.4 is 4.74 Å². The summed E-state index contributed by atoms with van der Waals surface area (Å²) in [4.78, 5) is 14.4. The van der Waals surface area contributed by atoms with Crippen molar-refractivity contribution in [1.29, 1.82) is 0 Å². The molecule has 27 heavy (non-hydrogen) atoms. The van der Waals surface area contributed by atoms with Gasteiger partial charge in [-0.05, 0) is 55.2 Å². The predicted octanol–water partition coefficient (Wildman–Crippen LogP) is 3.08. The minimum absolute atomic E-state index is 0.0335. The second-order valence-electron chi connectivity index (χ2n) is 6.62. The van der Waals surface area contributed by atoms with Crippen molar-refractivity contribution >= 4 is 5.91 Å². The molecular weight excluding hydrogens is 345 g/mol. The van der Waals surface area contributed by atoms with Crippen LogP contribution in [0, 0.1) is 23.6 Å². The average Bonchev–Trinajstić information content (AvgIpc) is 2.72. The van der Waals surface area contributed by atoms with Crippen molar-refractivity contribution in [1.82, 2.24) is 4.90 Å². The average molecular weight is 367 g/mol. The maximum atomic E-state index is 13.9. The molecule has 1 saturated heterocycles. The van der Waals surface area contributed by atoms with E-state index in [1.54, 1.807) is 41.3 Å². The zero-order valence-electron chi connectivity index (χ0n) is 15.2. The molecule has 0 aliphatic carbocycles. The van der Waals surface area contributed by atoms with E-state index in [9.17, 15) is 14.3 Å². The molecule has 1 heterocycles. The van der Waals surface area contributed by atoms with Crippen molar-refractivity contribution in [3.63, 3.8) is 0 Å². The van der Waals surface area contributed by atoms with Crippen LogP contribution in [-0.2, 0) is 0 Å². The van der Waals surface area contributed by atoms with Gasteiger partial charge in [0.15, 0.2) is 0 Å². The molecule has 1 atom stereocenters. The van der Waals surface area contributed by atoms with Gasteiger partial charge in [0.2, 0.25) is 0 Å². The number of rotatable bonds is 3. The number of carbonyl (C=O) groups excluding carboxylic acids is 1. The summed E-state index contributed by atoms with van der Waals surface area (Å²) in [5.41, 5.74) is 1.59. The van der Waals surface area contributed by atoms with Crippen LogP contribution >= 0.6 is 0 Å². The van der Waals surface area contributed by atoms with E-state index in [1.165, 1.54) is 13.2 Å². The first-order chi connectivity index (χ1) is 13.1. The monoisotopic (exact) mass is 367 g/mol. The van der Waals surface area contributed by atoms with Crippen LogP contribution in [0.15, 0.2) is 42.5 Å². The highest BCUT2D eigenvalue weighted by atomic mass is 19.1. The topological polar surface area (TPSA) is 49.8 Å². The summed E-state index contributed by atoms with van der Waals surface area (Å²) in [7, 11) is 1.48. The lowest BCUT2D eigenvalue weighted by Crippen LogP contribution is -2.40. The van der Waals surface area contributed by atoms with E-state index in [0.717, 1.165) is 12.8 Å². The van der Waals surface area contributed by atoms with Crippen molar-refractivity contribution in [2.45, 2.75) is 12.8 Å². The Kier molecular flexibility index (Phi) is 6.10. The number of hydrogen-bond acceptors (Lipinski definition) is 3. The largest absolute Gasteiger partial charge is 0.497 e. The Bertz CT molecular complexity index is 867. The minimum atomic E-state index is -0.433. The molecule has 0 radical (unpaired) electrons. The van der Waals surface area contributed by atoms with E-state index in [2.05, 4.69) is 11.8 Å². The Labute approximate surface area is 158 Å². The number of halogens is 1. The van der Waals surface area contributed by atoms with Gasteiger partial charge in [-0.25, -0.2) is 4.39 Å². The number of aliphatic hydroxyl groups excluding tert-OH is 1. The minimum Gasteiger partial charge on any atom is -0.497 e. The summed E-state index contributed by atoms with van der Waals surface area (Å²) in [5, 5.41) is 9.31. The molecule has 2 aromatic carbocycles. The van der Waals surface area contributed by atoms with Crippen LogP contribution in [0.4, 0.5) is 4.39 Å². The highest BCUT2D eigenvalue weighted by molar-refractivity contribution is 5.94. The van der Waals surface area contributed by atoms with E-state index in [0.29, 0.717) is 35.5 Å². The lowest BCUT2D eigenvalue weighted by Gasteiger charge is -2.31. The molecule has 140 valence electrons. The number of methoxy groups -OCH3 is 1. The Hall–Kier alpha value is -2.84. The number of amides is 1. The first kappa shape index (κ1) is 18.9. The van der Waals surface area contributed by atoms with Crippen molar-refractivity contribution in [3.05, 3.63) is 65.0 Å². The van der Waals surface area contributed by atoms with Crippen molar-refractivity contribution in [3.8, 4) is 17.6 Å². The molecule has 0 spiro atoms. The smallest absolute Gasteiger partial charge is 0.253 e. The Balaban J connectivity index is 1.70. The van der Waals surface area contributed by atoms with E-state index in [-0.39, 0.29) is 18.4 Å². The summed E-state index contributed by atoms with van der Waals surface area (Å²) in [6, 6.07) is 11.5. The van der Waals surface area contributed by atoms with Crippen LogP contribution in [0.5, 0.6) is 5.75 Å². The zero-order chi connectivity index (χ0) is 19.2. The lowest BCUT2D eigenvalue weighted by molar-refractivity contribution is 0.0620. The first-order valence-electron chi connectivity index (χ1n) is 8.96. The fourth-order valence-electron chi connectivity index (χ4n) is 3.14. The molecule has 2 aromatic rings. The number of carbonyl (C=O) groups is 1. The lowest BCUT2D eigenvalue weighted by atomic mass is 9.98. The number of aliphatic hydroxyl groups is 1. The molecular formula is C22H22FNO3. The highest BCUT2D eigenvalue weighted by Crippen LogP contribution is 2.19. The number of piperidine rings is 1. The number of hydrogen-bond donors (Lipinski definition) is 1. The van der Waals surface area contributed by atoms with E-state index in [1.807, 2.05) is 0 Å².